The van der Waals surface area contributed by atoms with Gasteiger partial charge in [0.2, 0.25) is 0 Å². The SMILES string of the molecule is c1ccc(-c2cccc(N(c3ccc4c5ccccc5c5ccccc5c4c3)c3cc4c(cc3-c3cccc5c3oc3ccccc35)-c3ccccc3C43c4ccccc4-c4ccccc43)c2)cc1. The fraction of sp³-hybridized carbons (Fsp3) is 0.0149. The van der Waals surface area contributed by atoms with E-state index >= 15 is 0 Å². The van der Waals surface area contributed by atoms with E-state index in [1.165, 1.54) is 82.4 Å². The van der Waals surface area contributed by atoms with Crippen molar-refractivity contribution in [2.24, 2.45) is 0 Å². The second-order valence-corrected chi connectivity index (χ2v) is 18.7. The third-order valence-corrected chi connectivity index (χ3v) is 15.2. The van der Waals surface area contributed by atoms with Gasteiger partial charge in [0.05, 0.1) is 11.1 Å². The van der Waals surface area contributed by atoms with Gasteiger partial charge in [-0.05, 0) is 130 Å². The van der Waals surface area contributed by atoms with Gasteiger partial charge in [-0.15, -0.1) is 0 Å². The molecule has 1 spiro atoms. The van der Waals surface area contributed by atoms with E-state index in [-0.39, 0.29) is 0 Å². The highest BCUT2D eigenvalue weighted by Crippen LogP contribution is 2.64. The van der Waals surface area contributed by atoms with Crippen LogP contribution in [0.4, 0.5) is 17.1 Å². The smallest absolute Gasteiger partial charge is 0.143 e. The maximum absolute atomic E-state index is 6.96. The molecule has 0 fully saturated rings. The van der Waals surface area contributed by atoms with Crippen LogP contribution >= 0.6 is 0 Å². The van der Waals surface area contributed by atoms with E-state index in [0.717, 1.165) is 55.7 Å². The second-order valence-electron chi connectivity index (χ2n) is 18.7. The Bertz CT molecular complexity index is 4190. The van der Waals surface area contributed by atoms with Crippen LogP contribution in [0, 0.1) is 0 Å². The van der Waals surface area contributed by atoms with Gasteiger partial charge in [-0.2, -0.15) is 0 Å². The number of benzene rings is 12. The van der Waals surface area contributed by atoms with Crippen LogP contribution < -0.4 is 4.90 Å². The predicted octanol–water partition coefficient (Wildman–Crippen LogP) is 18.2. The summed E-state index contributed by atoms with van der Waals surface area (Å²) < 4.78 is 6.96. The first-order chi connectivity index (χ1) is 34.2. The maximum atomic E-state index is 6.96. The van der Waals surface area contributed by atoms with E-state index in [0.29, 0.717) is 0 Å². The first-order valence-electron chi connectivity index (χ1n) is 23.9. The van der Waals surface area contributed by atoms with Crippen molar-refractivity contribution in [3.63, 3.8) is 0 Å². The molecule has 0 N–H and O–H groups in total. The second kappa shape index (κ2) is 14.5. The summed E-state index contributed by atoms with van der Waals surface area (Å²) in [6, 6.07) is 92.1. The van der Waals surface area contributed by atoms with Gasteiger partial charge in [-0.25, -0.2) is 0 Å². The Hall–Kier alpha value is -8.98. The number of hydrogen-bond acceptors (Lipinski definition) is 2. The van der Waals surface area contributed by atoms with Crippen LogP contribution in [0.15, 0.2) is 253 Å². The summed E-state index contributed by atoms with van der Waals surface area (Å²) in [6.45, 7) is 0. The van der Waals surface area contributed by atoms with Crippen molar-refractivity contribution in [3.8, 4) is 44.5 Å². The summed E-state index contributed by atoms with van der Waals surface area (Å²) in [5.41, 5.74) is 19.2. The van der Waals surface area contributed by atoms with Crippen LogP contribution in [0.2, 0.25) is 0 Å². The summed E-state index contributed by atoms with van der Waals surface area (Å²) in [4.78, 5) is 2.52. The van der Waals surface area contributed by atoms with Crippen LogP contribution in [0.3, 0.4) is 0 Å². The lowest BCUT2D eigenvalue weighted by Crippen LogP contribution is -2.26. The van der Waals surface area contributed by atoms with Gasteiger partial charge in [0.1, 0.15) is 11.2 Å². The fourth-order valence-electron chi connectivity index (χ4n) is 12.4. The standard InChI is InChI=1S/C67H41NO/c1-2-18-42(19-3-1)43-20-16-21-44(38-43)68(45-36-37-50-48-24-5-4-22-46(48)47-23-6-7-25-49(47)57(50)39-45)64-41-63-58(40-59(64)56-31-17-30-55-54-29-11-15-35-65(54)69-66(55)56)53-28-10-14-34-62(53)67(63)60-32-12-8-26-51(60)52-27-9-13-33-61(52)67/h1-41H. The van der Waals surface area contributed by atoms with Crippen LogP contribution in [0.1, 0.15) is 22.3 Å². The zero-order valence-corrected chi connectivity index (χ0v) is 37.5. The molecule has 13 aromatic rings. The molecule has 2 heteroatoms. The summed E-state index contributed by atoms with van der Waals surface area (Å²) in [5, 5.41) is 9.68. The van der Waals surface area contributed by atoms with E-state index in [9.17, 15) is 0 Å². The summed E-state index contributed by atoms with van der Waals surface area (Å²) in [6.07, 6.45) is 0. The van der Waals surface area contributed by atoms with Gasteiger partial charge in [0.25, 0.3) is 0 Å². The van der Waals surface area contributed by atoms with Crippen molar-refractivity contribution in [1.82, 2.24) is 0 Å². The van der Waals surface area contributed by atoms with Gasteiger partial charge in [-0.1, -0.05) is 206 Å². The third kappa shape index (κ3) is 5.31. The highest BCUT2D eigenvalue weighted by Gasteiger charge is 2.52. The molecule has 0 saturated carbocycles. The fourth-order valence-corrected chi connectivity index (χ4v) is 12.4. The largest absolute Gasteiger partial charge is 0.455 e. The lowest BCUT2D eigenvalue weighted by Gasteiger charge is -2.33. The highest BCUT2D eigenvalue weighted by molar-refractivity contribution is 6.26. The Labute approximate surface area is 399 Å². The van der Waals surface area contributed by atoms with Gasteiger partial charge < -0.3 is 9.32 Å². The van der Waals surface area contributed by atoms with E-state index < -0.39 is 5.41 Å². The van der Waals surface area contributed by atoms with Crippen LogP contribution in [0.25, 0.3) is 98.8 Å². The topological polar surface area (TPSA) is 16.4 Å². The molecule has 15 rings (SSSR count). The van der Waals surface area contributed by atoms with Gasteiger partial charge >= 0.3 is 0 Å². The summed E-state index contributed by atoms with van der Waals surface area (Å²) >= 11 is 0. The minimum absolute atomic E-state index is 0.548. The molecule has 0 saturated heterocycles. The first-order valence-corrected chi connectivity index (χ1v) is 23.9. The predicted molar refractivity (Wildman–Crippen MR) is 288 cm³/mol. The molecule has 2 nitrogen and oxygen atoms in total. The third-order valence-electron chi connectivity index (χ3n) is 15.2. The number of rotatable bonds is 5. The number of fused-ring (bicyclic) bond motifs is 19. The van der Waals surface area contributed by atoms with Crippen molar-refractivity contribution in [2.75, 3.05) is 4.90 Å². The zero-order valence-electron chi connectivity index (χ0n) is 37.5. The normalized spacial score (nSPS) is 13.0. The van der Waals surface area contributed by atoms with E-state index in [2.05, 4.69) is 254 Å². The molecule has 1 heterocycles. The molecule has 2 aliphatic carbocycles. The molecule has 12 aromatic carbocycles. The summed E-state index contributed by atoms with van der Waals surface area (Å²) in [7, 11) is 0. The van der Waals surface area contributed by atoms with Crippen molar-refractivity contribution in [2.45, 2.75) is 5.41 Å². The lowest BCUT2D eigenvalue weighted by molar-refractivity contribution is 0.670. The molecule has 0 amide bonds. The molecular weight excluding hydrogens is 835 g/mol. The minimum atomic E-state index is -0.548. The Morgan fingerprint density at radius 1 is 0.275 bits per heavy atom. The molecule has 0 unspecified atom stereocenters. The zero-order chi connectivity index (χ0) is 45.2. The number of anilines is 3. The van der Waals surface area contributed by atoms with E-state index in [4.69, 9.17) is 4.42 Å². The number of nitrogens with zero attached hydrogens (tertiary/aromatic N) is 1. The Kier molecular flexibility index (Phi) is 8.02. The van der Waals surface area contributed by atoms with Crippen LogP contribution in [-0.4, -0.2) is 0 Å². The number of hydrogen-bond donors (Lipinski definition) is 0. The first kappa shape index (κ1) is 38.2. The average Bonchev–Trinajstić information content (AvgIpc) is 4.05. The van der Waals surface area contributed by atoms with Gasteiger partial charge in [0, 0.05) is 33.3 Å². The van der Waals surface area contributed by atoms with Crippen molar-refractivity contribution < 1.29 is 4.42 Å². The van der Waals surface area contributed by atoms with Crippen LogP contribution in [0.5, 0.6) is 0 Å². The molecule has 320 valence electrons. The lowest BCUT2D eigenvalue weighted by atomic mass is 9.70. The number of furan rings is 1. The molecule has 1 aromatic heterocycles. The van der Waals surface area contributed by atoms with Crippen molar-refractivity contribution in [3.05, 3.63) is 271 Å². The van der Waals surface area contributed by atoms with E-state index in [1.54, 1.807) is 0 Å². The average molecular weight is 876 g/mol. The quantitative estimate of drug-likeness (QED) is 0.160. The molecule has 69 heavy (non-hydrogen) atoms. The summed E-state index contributed by atoms with van der Waals surface area (Å²) in [5.74, 6) is 0. The molecule has 0 aliphatic heterocycles. The molecule has 2 aliphatic rings. The molecule has 0 radical (unpaired) electrons. The van der Waals surface area contributed by atoms with Crippen LogP contribution in [-0.2, 0) is 5.41 Å². The van der Waals surface area contributed by atoms with Gasteiger partial charge in [0.15, 0.2) is 0 Å². The highest BCUT2D eigenvalue weighted by atomic mass is 16.3. The van der Waals surface area contributed by atoms with Crippen molar-refractivity contribution >= 4 is 71.3 Å². The van der Waals surface area contributed by atoms with E-state index in [1.807, 2.05) is 0 Å². The maximum Gasteiger partial charge on any atom is 0.143 e. The van der Waals surface area contributed by atoms with Gasteiger partial charge in [-0.3, -0.25) is 0 Å². The Balaban J connectivity index is 1.10. The number of para-hydroxylation sites is 2. The van der Waals surface area contributed by atoms with Crippen molar-refractivity contribution in [1.29, 1.82) is 0 Å². The monoisotopic (exact) mass is 875 g/mol. The Morgan fingerprint density at radius 3 is 1.45 bits per heavy atom. The molecule has 0 bridgehead atoms. The molecule has 0 atom stereocenters. The minimum Gasteiger partial charge on any atom is -0.455 e. The Morgan fingerprint density at radius 2 is 0.768 bits per heavy atom. The molecular formula is C67H41NO.